The van der Waals surface area contributed by atoms with Crippen LogP contribution in [0, 0.1) is 11.8 Å². The zero-order chi connectivity index (χ0) is 13.8. The summed E-state index contributed by atoms with van der Waals surface area (Å²) in [5.41, 5.74) is 1.40. The molecule has 1 aromatic carbocycles. The molecule has 0 aliphatic carbocycles. The van der Waals surface area contributed by atoms with Gasteiger partial charge in [-0.15, -0.1) is 12.4 Å². The third-order valence-electron chi connectivity index (χ3n) is 4.65. The van der Waals surface area contributed by atoms with Crippen LogP contribution in [0.4, 0.5) is 0 Å². The largest absolute Gasteiger partial charge is 0.342 e. The molecule has 1 unspecified atom stereocenters. The SMILES string of the molecule is Cl.O=C(C1CCNCC1)N1CCC(Cc2ccccc2)C1. The minimum absolute atomic E-state index is 0. The lowest BCUT2D eigenvalue weighted by atomic mass is 9.96. The van der Waals surface area contributed by atoms with Gasteiger partial charge in [0.1, 0.15) is 0 Å². The molecule has 2 aliphatic heterocycles. The topological polar surface area (TPSA) is 32.3 Å². The van der Waals surface area contributed by atoms with Crippen molar-refractivity contribution in [1.29, 1.82) is 0 Å². The van der Waals surface area contributed by atoms with Gasteiger partial charge >= 0.3 is 0 Å². The zero-order valence-corrected chi connectivity index (χ0v) is 13.3. The Balaban J connectivity index is 0.00000161. The van der Waals surface area contributed by atoms with Crippen molar-refractivity contribution in [1.82, 2.24) is 10.2 Å². The lowest BCUT2D eigenvalue weighted by Crippen LogP contribution is -2.40. The fraction of sp³-hybridized carbons (Fsp3) is 0.588. The molecule has 116 valence electrons. The third-order valence-corrected chi connectivity index (χ3v) is 4.65. The van der Waals surface area contributed by atoms with Crippen LogP contribution in [0.1, 0.15) is 24.8 Å². The Morgan fingerprint density at radius 1 is 1.14 bits per heavy atom. The van der Waals surface area contributed by atoms with E-state index in [4.69, 9.17) is 0 Å². The molecule has 1 amide bonds. The quantitative estimate of drug-likeness (QED) is 0.930. The summed E-state index contributed by atoms with van der Waals surface area (Å²) in [7, 11) is 0. The van der Waals surface area contributed by atoms with Gasteiger partial charge in [-0.1, -0.05) is 30.3 Å². The molecule has 1 aromatic rings. The molecule has 21 heavy (non-hydrogen) atoms. The van der Waals surface area contributed by atoms with Crippen LogP contribution in [0.3, 0.4) is 0 Å². The molecule has 0 aromatic heterocycles. The molecule has 3 nitrogen and oxygen atoms in total. The molecule has 2 aliphatic rings. The third kappa shape index (κ3) is 4.21. The smallest absolute Gasteiger partial charge is 0.225 e. The van der Waals surface area contributed by atoms with Crippen LogP contribution in [-0.2, 0) is 11.2 Å². The van der Waals surface area contributed by atoms with Gasteiger partial charge in [0.2, 0.25) is 5.91 Å². The summed E-state index contributed by atoms with van der Waals surface area (Å²) in [5.74, 6) is 1.32. The number of likely N-dealkylation sites (tertiary alicyclic amines) is 1. The molecule has 0 radical (unpaired) electrons. The van der Waals surface area contributed by atoms with Crippen molar-refractivity contribution in [3.63, 3.8) is 0 Å². The number of carbonyl (C=O) groups is 1. The van der Waals surface area contributed by atoms with E-state index in [2.05, 4.69) is 40.5 Å². The molecule has 2 fully saturated rings. The number of nitrogens with one attached hydrogen (secondary N) is 1. The Hall–Kier alpha value is -1.06. The standard InChI is InChI=1S/C17H24N2O.ClH/c20-17(16-6-9-18-10-7-16)19-11-8-15(13-19)12-14-4-2-1-3-5-14;/h1-5,15-16,18H,6-13H2;1H. The Bertz CT molecular complexity index is 445. The molecular formula is C17H25ClN2O. The normalized spacial score (nSPS) is 22.9. The lowest BCUT2D eigenvalue weighted by Gasteiger charge is -2.26. The summed E-state index contributed by atoms with van der Waals surface area (Å²) in [6.07, 6.45) is 4.29. The molecule has 0 bridgehead atoms. The number of carbonyl (C=O) groups excluding carboxylic acids is 1. The summed E-state index contributed by atoms with van der Waals surface area (Å²) in [4.78, 5) is 14.6. The van der Waals surface area contributed by atoms with Gasteiger partial charge < -0.3 is 10.2 Å². The van der Waals surface area contributed by atoms with Crippen molar-refractivity contribution < 1.29 is 4.79 Å². The number of rotatable bonds is 3. The maximum absolute atomic E-state index is 12.5. The van der Waals surface area contributed by atoms with Crippen molar-refractivity contribution in [2.75, 3.05) is 26.2 Å². The minimum atomic E-state index is 0. The second-order valence-corrected chi connectivity index (χ2v) is 6.15. The Morgan fingerprint density at radius 3 is 2.57 bits per heavy atom. The van der Waals surface area contributed by atoms with Gasteiger partial charge in [0.05, 0.1) is 0 Å². The van der Waals surface area contributed by atoms with Crippen LogP contribution in [0.25, 0.3) is 0 Å². The van der Waals surface area contributed by atoms with Gasteiger partial charge in [0, 0.05) is 19.0 Å². The van der Waals surface area contributed by atoms with E-state index in [0.29, 0.717) is 11.8 Å². The van der Waals surface area contributed by atoms with E-state index in [0.717, 1.165) is 51.9 Å². The zero-order valence-electron chi connectivity index (χ0n) is 12.5. The monoisotopic (exact) mass is 308 g/mol. The minimum Gasteiger partial charge on any atom is -0.342 e. The Labute approximate surface area is 133 Å². The van der Waals surface area contributed by atoms with E-state index in [9.17, 15) is 4.79 Å². The van der Waals surface area contributed by atoms with E-state index in [1.807, 2.05) is 0 Å². The summed E-state index contributed by atoms with van der Waals surface area (Å²) < 4.78 is 0. The number of piperidine rings is 1. The van der Waals surface area contributed by atoms with Crippen LogP contribution in [0.15, 0.2) is 30.3 Å². The van der Waals surface area contributed by atoms with Crippen molar-refractivity contribution in [2.45, 2.75) is 25.7 Å². The lowest BCUT2D eigenvalue weighted by molar-refractivity contribution is -0.135. The molecule has 2 heterocycles. The van der Waals surface area contributed by atoms with Crippen LogP contribution in [-0.4, -0.2) is 37.0 Å². The molecule has 3 rings (SSSR count). The second kappa shape index (κ2) is 7.81. The van der Waals surface area contributed by atoms with E-state index >= 15 is 0 Å². The highest BCUT2D eigenvalue weighted by Crippen LogP contribution is 2.24. The van der Waals surface area contributed by atoms with E-state index in [1.165, 1.54) is 5.56 Å². The number of halogens is 1. The predicted molar refractivity (Wildman–Crippen MR) is 87.7 cm³/mol. The van der Waals surface area contributed by atoms with Crippen molar-refractivity contribution in [3.8, 4) is 0 Å². The van der Waals surface area contributed by atoms with Gasteiger partial charge in [-0.3, -0.25) is 4.79 Å². The number of nitrogens with zero attached hydrogens (tertiary/aromatic N) is 1. The number of hydrogen-bond acceptors (Lipinski definition) is 2. The molecule has 4 heteroatoms. The van der Waals surface area contributed by atoms with Gasteiger partial charge in [-0.05, 0) is 50.3 Å². The molecule has 0 spiro atoms. The molecular weight excluding hydrogens is 284 g/mol. The van der Waals surface area contributed by atoms with Crippen molar-refractivity contribution in [3.05, 3.63) is 35.9 Å². The number of benzene rings is 1. The first-order chi connectivity index (χ1) is 9.83. The summed E-state index contributed by atoms with van der Waals surface area (Å²) >= 11 is 0. The number of amides is 1. The van der Waals surface area contributed by atoms with Crippen molar-refractivity contribution in [2.24, 2.45) is 11.8 Å². The second-order valence-electron chi connectivity index (χ2n) is 6.15. The maximum atomic E-state index is 12.5. The van der Waals surface area contributed by atoms with Crippen LogP contribution < -0.4 is 5.32 Å². The first-order valence-corrected chi connectivity index (χ1v) is 7.86. The van der Waals surface area contributed by atoms with Gasteiger partial charge in [0.15, 0.2) is 0 Å². The predicted octanol–water partition coefficient (Wildman–Crippen LogP) is 2.50. The summed E-state index contributed by atoms with van der Waals surface area (Å²) in [6.45, 7) is 3.91. The molecule has 1 N–H and O–H groups in total. The summed E-state index contributed by atoms with van der Waals surface area (Å²) in [5, 5.41) is 3.33. The van der Waals surface area contributed by atoms with Gasteiger partial charge in [-0.2, -0.15) is 0 Å². The first kappa shape index (κ1) is 16.3. The van der Waals surface area contributed by atoms with Crippen molar-refractivity contribution >= 4 is 18.3 Å². The average Bonchev–Trinajstić information content (AvgIpc) is 2.97. The maximum Gasteiger partial charge on any atom is 0.225 e. The highest BCUT2D eigenvalue weighted by atomic mass is 35.5. The Kier molecular flexibility index (Phi) is 6.07. The average molecular weight is 309 g/mol. The fourth-order valence-electron chi connectivity index (χ4n) is 3.47. The van der Waals surface area contributed by atoms with Crippen LogP contribution in [0.5, 0.6) is 0 Å². The van der Waals surface area contributed by atoms with Crippen LogP contribution in [0.2, 0.25) is 0 Å². The highest BCUT2D eigenvalue weighted by Gasteiger charge is 2.31. The molecule has 1 atom stereocenters. The highest BCUT2D eigenvalue weighted by molar-refractivity contribution is 5.85. The van der Waals surface area contributed by atoms with E-state index < -0.39 is 0 Å². The van der Waals surface area contributed by atoms with E-state index in [1.54, 1.807) is 0 Å². The molecule has 2 saturated heterocycles. The fourth-order valence-corrected chi connectivity index (χ4v) is 3.47. The first-order valence-electron chi connectivity index (χ1n) is 7.86. The van der Waals surface area contributed by atoms with Gasteiger partial charge in [-0.25, -0.2) is 0 Å². The Morgan fingerprint density at radius 2 is 1.86 bits per heavy atom. The van der Waals surface area contributed by atoms with E-state index in [-0.39, 0.29) is 18.3 Å². The van der Waals surface area contributed by atoms with Gasteiger partial charge in [0.25, 0.3) is 0 Å². The molecule has 0 saturated carbocycles. The van der Waals surface area contributed by atoms with Crippen LogP contribution >= 0.6 is 12.4 Å². The summed E-state index contributed by atoms with van der Waals surface area (Å²) in [6, 6.07) is 10.6. The number of hydrogen-bond donors (Lipinski definition) is 1.